The van der Waals surface area contributed by atoms with Crippen molar-refractivity contribution in [2.75, 3.05) is 5.75 Å². The molecule has 3 heteroatoms. The number of hydrogen-bond acceptors (Lipinski definition) is 2. The van der Waals surface area contributed by atoms with Crippen molar-refractivity contribution < 1.29 is 4.73 Å². The van der Waals surface area contributed by atoms with Crippen LogP contribution in [-0.2, 0) is 0 Å². The monoisotopic (exact) mass is 167 g/mol. The van der Waals surface area contributed by atoms with Gasteiger partial charge >= 0.3 is 0 Å². The molecule has 0 aliphatic rings. The molecule has 0 amide bonds. The Morgan fingerprint density at radius 3 is 3.09 bits per heavy atom. The fourth-order valence-electron chi connectivity index (χ4n) is 0.669. The molecule has 0 spiro atoms. The highest BCUT2D eigenvalue weighted by Gasteiger charge is 2.00. The van der Waals surface area contributed by atoms with Gasteiger partial charge in [-0.3, -0.25) is 0 Å². The Balaban J connectivity index is 2.69. The molecule has 0 aliphatic carbocycles. The van der Waals surface area contributed by atoms with Gasteiger partial charge < -0.3 is 5.21 Å². The maximum Gasteiger partial charge on any atom is 0.251 e. The average Bonchev–Trinajstić information content (AvgIpc) is 2.03. The molecule has 0 aliphatic heterocycles. The Morgan fingerprint density at radius 2 is 2.45 bits per heavy atom. The topological polar surface area (TPSA) is 26.9 Å². The molecule has 0 fully saturated rings. The second kappa shape index (κ2) is 4.03. The first-order chi connectivity index (χ1) is 5.34. The first-order valence-electron chi connectivity index (χ1n) is 3.26. The standard InChI is InChI=1S/C8H9NOS/c1-2-7-11-8-5-3-4-6-9(8)10/h2-6H,1,7H2. The van der Waals surface area contributed by atoms with Crippen LogP contribution in [-0.4, -0.2) is 5.75 Å². The third-order valence-corrected chi connectivity index (χ3v) is 2.15. The van der Waals surface area contributed by atoms with Gasteiger partial charge in [0.1, 0.15) is 0 Å². The average molecular weight is 167 g/mol. The lowest BCUT2D eigenvalue weighted by Crippen LogP contribution is -2.27. The number of rotatable bonds is 3. The van der Waals surface area contributed by atoms with Crippen LogP contribution in [0.4, 0.5) is 0 Å². The van der Waals surface area contributed by atoms with E-state index in [0.29, 0.717) is 5.03 Å². The van der Waals surface area contributed by atoms with Crippen molar-refractivity contribution in [2.45, 2.75) is 5.03 Å². The molecular weight excluding hydrogens is 158 g/mol. The smallest absolute Gasteiger partial charge is 0.251 e. The van der Waals surface area contributed by atoms with Crippen LogP contribution in [0.15, 0.2) is 42.1 Å². The van der Waals surface area contributed by atoms with Gasteiger partial charge in [-0.2, -0.15) is 4.73 Å². The molecule has 1 aromatic rings. The van der Waals surface area contributed by atoms with Gasteiger partial charge in [0.2, 0.25) is 0 Å². The van der Waals surface area contributed by atoms with Crippen molar-refractivity contribution in [1.82, 2.24) is 0 Å². The van der Waals surface area contributed by atoms with E-state index in [1.54, 1.807) is 18.2 Å². The maximum atomic E-state index is 11.0. The van der Waals surface area contributed by atoms with Gasteiger partial charge in [0, 0.05) is 17.9 Å². The third-order valence-electron chi connectivity index (χ3n) is 1.14. The largest absolute Gasteiger partial charge is 0.618 e. The van der Waals surface area contributed by atoms with Crippen LogP contribution in [0, 0.1) is 5.21 Å². The summed E-state index contributed by atoms with van der Waals surface area (Å²) in [5.74, 6) is 0.770. The number of hydrogen-bond donors (Lipinski definition) is 0. The molecule has 1 aromatic heterocycles. The molecule has 58 valence electrons. The summed E-state index contributed by atoms with van der Waals surface area (Å²) in [6, 6.07) is 5.35. The van der Waals surface area contributed by atoms with Crippen molar-refractivity contribution in [3.63, 3.8) is 0 Å². The zero-order valence-electron chi connectivity index (χ0n) is 6.06. The Labute approximate surface area is 70.1 Å². The number of aromatic nitrogens is 1. The summed E-state index contributed by atoms with van der Waals surface area (Å²) in [6.07, 6.45) is 3.27. The van der Waals surface area contributed by atoms with E-state index in [1.165, 1.54) is 18.0 Å². The van der Waals surface area contributed by atoms with E-state index in [4.69, 9.17) is 0 Å². The fraction of sp³-hybridized carbons (Fsp3) is 0.125. The van der Waals surface area contributed by atoms with Gasteiger partial charge in [0.25, 0.3) is 5.03 Å². The van der Waals surface area contributed by atoms with Crippen LogP contribution in [0.5, 0.6) is 0 Å². The molecule has 0 unspecified atom stereocenters. The van der Waals surface area contributed by atoms with Gasteiger partial charge in [-0.05, 0) is 6.07 Å². The highest BCUT2D eigenvalue weighted by molar-refractivity contribution is 7.99. The number of nitrogens with zero attached hydrogens (tertiary/aromatic N) is 1. The van der Waals surface area contributed by atoms with Crippen LogP contribution >= 0.6 is 11.8 Å². The van der Waals surface area contributed by atoms with E-state index in [-0.39, 0.29) is 0 Å². The summed E-state index contributed by atoms with van der Waals surface area (Å²) in [5.41, 5.74) is 0. The van der Waals surface area contributed by atoms with Crippen molar-refractivity contribution in [2.24, 2.45) is 0 Å². The molecule has 1 rings (SSSR count). The summed E-state index contributed by atoms with van der Waals surface area (Å²) >= 11 is 1.48. The summed E-state index contributed by atoms with van der Waals surface area (Å²) in [7, 11) is 0. The lowest BCUT2D eigenvalue weighted by Gasteiger charge is -1.99. The Kier molecular flexibility index (Phi) is 2.98. The molecule has 0 atom stereocenters. The Morgan fingerprint density at radius 1 is 1.64 bits per heavy atom. The molecular formula is C8H9NOS. The minimum absolute atomic E-state index is 0.715. The molecule has 2 nitrogen and oxygen atoms in total. The Bertz CT molecular complexity index is 250. The van der Waals surface area contributed by atoms with Gasteiger partial charge in [0.05, 0.1) is 0 Å². The number of thioether (sulfide) groups is 1. The minimum Gasteiger partial charge on any atom is -0.618 e. The quantitative estimate of drug-likeness (QED) is 0.296. The van der Waals surface area contributed by atoms with Gasteiger partial charge in [0.15, 0.2) is 6.20 Å². The molecule has 1 heterocycles. The molecule has 0 bridgehead atoms. The van der Waals surface area contributed by atoms with Gasteiger partial charge in [-0.15, -0.1) is 6.58 Å². The summed E-state index contributed by atoms with van der Waals surface area (Å²) in [4.78, 5) is 0. The molecule has 0 saturated carbocycles. The Hall–Kier alpha value is -0.960. The second-order valence-corrected chi connectivity index (χ2v) is 3.00. The number of pyridine rings is 1. The first kappa shape index (κ1) is 8.14. The molecule has 0 N–H and O–H groups in total. The van der Waals surface area contributed by atoms with E-state index < -0.39 is 0 Å². The highest BCUT2D eigenvalue weighted by atomic mass is 32.2. The molecule has 11 heavy (non-hydrogen) atoms. The van der Waals surface area contributed by atoms with E-state index in [1.807, 2.05) is 6.07 Å². The van der Waals surface area contributed by atoms with E-state index >= 15 is 0 Å². The molecule has 0 aromatic carbocycles. The van der Waals surface area contributed by atoms with Crippen LogP contribution in [0.2, 0.25) is 0 Å². The van der Waals surface area contributed by atoms with Crippen molar-refractivity contribution in [3.05, 3.63) is 42.3 Å². The van der Waals surface area contributed by atoms with Crippen LogP contribution in [0.1, 0.15) is 0 Å². The van der Waals surface area contributed by atoms with E-state index in [9.17, 15) is 5.21 Å². The lowest BCUT2D eigenvalue weighted by molar-refractivity contribution is -0.645. The fourth-order valence-corrected chi connectivity index (χ4v) is 1.32. The highest BCUT2D eigenvalue weighted by Crippen LogP contribution is 2.11. The predicted molar refractivity (Wildman–Crippen MR) is 46.3 cm³/mol. The lowest BCUT2D eigenvalue weighted by atomic mass is 10.5. The zero-order valence-corrected chi connectivity index (χ0v) is 6.88. The third kappa shape index (κ3) is 2.27. The van der Waals surface area contributed by atoms with Crippen molar-refractivity contribution in [1.29, 1.82) is 0 Å². The van der Waals surface area contributed by atoms with Crippen LogP contribution in [0.3, 0.4) is 0 Å². The molecule has 0 radical (unpaired) electrons. The zero-order chi connectivity index (χ0) is 8.10. The summed E-state index contributed by atoms with van der Waals surface area (Å²) in [6.45, 7) is 3.57. The minimum atomic E-state index is 0.715. The maximum absolute atomic E-state index is 11.0. The van der Waals surface area contributed by atoms with Gasteiger partial charge in [-0.25, -0.2) is 0 Å². The van der Waals surface area contributed by atoms with E-state index in [0.717, 1.165) is 10.5 Å². The van der Waals surface area contributed by atoms with Crippen LogP contribution < -0.4 is 4.73 Å². The summed E-state index contributed by atoms with van der Waals surface area (Å²) in [5, 5.41) is 11.7. The second-order valence-electron chi connectivity index (χ2n) is 1.96. The van der Waals surface area contributed by atoms with Crippen molar-refractivity contribution >= 4 is 11.8 Å². The van der Waals surface area contributed by atoms with Crippen molar-refractivity contribution in [3.8, 4) is 0 Å². The summed E-state index contributed by atoms with van der Waals surface area (Å²) < 4.78 is 0.855. The SMILES string of the molecule is C=CCSc1cccc[n+]1[O-]. The van der Waals surface area contributed by atoms with E-state index in [2.05, 4.69) is 6.58 Å². The molecule has 0 saturated heterocycles. The normalized spacial score (nSPS) is 9.45. The van der Waals surface area contributed by atoms with Gasteiger partial charge in [-0.1, -0.05) is 17.8 Å². The van der Waals surface area contributed by atoms with Crippen LogP contribution in [0.25, 0.3) is 0 Å². The first-order valence-corrected chi connectivity index (χ1v) is 4.25. The predicted octanol–water partition coefficient (Wildman–Crippen LogP) is 1.60.